The molecule has 2 aromatic carbocycles. The van der Waals surface area contributed by atoms with Gasteiger partial charge in [-0.05, 0) is 55.2 Å². The second-order valence-electron chi connectivity index (χ2n) is 9.86. The van der Waals surface area contributed by atoms with Crippen molar-refractivity contribution >= 4 is 11.9 Å². The number of morpholine rings is 1. The number of hydrogen-bond acceptors (Lipinski definition) is 9. The molecule has 3 N–H and O–H groups in total. The van der Waals surface area contributed by atoms with Crippen molar-refractivity contribution in [2.24, 2.45) is 0 Å². The molecule has 0 saturated carbocycles. The standard InChI is InChI=1S/C28H32N2O7/c1-15-11-35-12-18(8-29-9-25(31)19-4-6-21-23(16(19)2)13-36-27(21)33)30(15)10-26(32)20-5-7-22-24(17(20)3)14-37-28(22)34/h4-8,15,25-26,29,31-32H,9-14H2,1-3H3/b18-8+. The number of cyclic esters (lactones) is 2. The second-order valence-corrected chi connectivity index (χ2v) is 9.86. The lowest BCUT2D eigenvalue weighted by atomic mass is 9.95. The summed E-state index contributed by atoms with van der Waals surface area (Å²) in [5.41, 5.74) is 6.91. The van der Waals surface area contributed by atoms with Gasteiger partial charge in [0.15, 0.2) is 0 Å². The molecular weight excluding hydrogens is 476 g/mol. The van der Waals surface area contributed by atoms with E-state index >= 15 is 0 Å². The number of aliphatic hydroxyl groups excluding tert-OH is 2. The third kappa shape index (κ3) is 4.70. The molecule has 3 unspecified atom stereocenters. The molecule has 9 heteroatoms. The SMILES string of the molecule is Cc1c(C(O)CN/C=C2\COCC(C)N2CC(O)c2ccc3c(c2C)COC3=O)ccc2c1COC2=O. The van der Waals surface area contributed by atoms with Crippen molar-refractivity contribution in [3.8, 4) is 0 Å². The summed E-state index contributed by atoms with van der Waals surface area (Å²) >= 11 is 0. The Bertz CT molecular complexity index is 1270. The molecule has 0 radical (unpaired) electrons. The lowest BCUT2D eigenvalue weighted by Crippen LogP contribution is -2.44. The number of carbonyl (C=O) groups excluding carboxylic acids is 2. The zero-order valence-corrected chi connectivity index (χ0v) is 21.2. The van der Waals surface area contributed by atoms with Crippen molar-refractivity contribution in [1.29, 1.82) is 0 Å². The van der Waals surface area contributed by atoms with Gasteiger partial charge in [-0.15, -0.1) is 0 Å². The highest BCUT2D eigenvalue weighted by Crippen LogP contribution is 2.31. The predicted molar refractivity (Wildman–Crippen MR) is 134 cm³/mol. The molecule has 1 saturated heterocycles. The maximum atomic E-state index is 11.9. The third-order valence-corrected chi connectivity index (χ3v) is 7.59. The summed E-state index contributed by atoms with van der Waals surface area (Å²) in [7, 11) is 0. The van der Waals surface area contributed by atoms with Gasteiger partial charge in [-0.1, -0.05) is 12.1 Å². The first-order valence-electron chi connectivity index (χ1n) is 12.5. The highest BCUT2D eigenvalue weighted by Gasteiger charge is 2.29. The molecule has 0 aromatic heterocycles. The Labute approximate surface area is 215 Å². The fourth-order valence-electron chi connectivity index (χ4n) is 5.35. The smallest absolute Gasteiger partial charge is 0.338 e. The molecule has 0 aliphatic carbocycles. The van der Waals surface area contributed by atoms with Crippen molar-refractivity contribution in [3.63, 3.8) is 0 Å². The van der Waals surface area contributed by atoms with Crippen molar-refractivity contribution in [2.75, 3.05) is 26.3 Å². The van der Waals surface area contributed by atoms with E-state index in [9.17, 15) is 19.8 Å². The molecule has 0 amide bonds. The first-order valence-corrected chi connectivity index (χ1v) is 12.5. The van der Waals surface area contributed by atoms with E-state index in [1.165, 1.54) is 0 Å². The molecule has 0 bridgehead atoms. The Hall–Kier alpha value is -3.40. The lowest BCUT2D eigenvalue weighted by molar-refractivity contribution is 0.0111. The fraction of sp³-hybridized carbons (Fsp3) is 0.429. The Morgan fingerprint density at radius 2 is 1.51 bits per heavy atom. The van der Waals surface area contributed by atoms with Crippen LogP contribution in [0, 0.1) is 13.8 Å². The van der Waals surface area contributed by atoms with E-state index in [4.69, 9.17) is 14.2 Å². The van der Waals surface area contributed by atoms with Crippen molar-refractivity contribution < 1.29 is 34.0 Å². The zero-order valence-electron chi connectivity index (χ0n) is 21.2. The van der Waals surface area contributed by atoms with Crippen molar-refractivity contribution in [3.05, 3.63) is 80.7 Å². The minimum Gasteiger partial charge on any atom is -0.457 e. The Morgan fingerprint density at radius 1 is 0.946 bits per heavy atom. The van der Waals surface area contributed by atoms with Crippen LogP contribution in [-0.2, 0) is 27.4 Å². The van der Waals surface area contributed by atoms with Gasteiger partial charge in [0.05, 0.1) is 42.2 Å². The number of carbonyl (C=O) groups is 2. The van der Waals surface area contributed by atoms with Gasteiger partial charge in [0, 0.05) is 36.5 Å². The summed E-state index contributed by atoms with van der Waals surface area (Å²) in [5.74, 6) is -0.649. The molecule has 2 aromatic rings. The Balaban J connectivity index is 1.27. The van der Waals surface area contributed by atoms with Crippen LogP contribution in [-0.4, -0.2) is 59.4 Å². The lowest BCUT2D eigenvalue weighted by Gasteiger charge is -2.39. The number of nitrogens with zero attached hydrogens (tertiary/aromatic N) is 1. The number of aliphatic hydroxyl groups is 2. The van der Waals surface area contributed by atoms with Gasteiger partial charge in [0.25, 0.3) is 0 Å². The molecule has 3 heterocycles. The topological polar surface area (TPSA) is 118 Å². The maximum absolute atomic E-state index is 11.9. The van der Waals surface area contributed by atoms with Crippen LogP contribution < -0.4 is 5.32 Å². The second kappa shape index (κ2) is 10.2. The van der Waals surface area contributed by atoms with E-state index in [2.05, 4.69) is 10.2 Å². The van der Waals surface area contributed by atoms with E-state index in [1.54, 1.807) is 24.3 Å². The molecule has 0 spiro atoms. The van der Waals surface area contributed by atoms with E-state index in [1.807, 2.05) is 27.0 Å². The number of hydrogen-bond donors (Lipinski definition) is 3. The number of rotatable bonds is 7. The highest BCUT2D eigenvalue weighted by molar-refractivity contribution is 5.94. The first-order chi connectivity index (χ1) is 17.8. The summed E-state index contributed by atoms with van der Waals surface area (Å²) in [6.45, 7) is 7.83. The number of esters is 2. The molecular formula is C28H32N2O7. The first kappa shape index (κ1) is 25.3. The van der Waals surface area contributed by atoms with Crippen LogP contribution in [0.3, 0.4) is 0 Å². The molecule has 1 fully saturated rings. The average molecular weight is 509 g/mol. The number of β-amino-alcohol motifs (C(OH)–C–C–N with tert-alkyl or cyclic N) is 1. The van der Waals surface area contributed by atoms with E-state index in [0.717, 1.165) is 39.1 Å². The van der Waals surface area contributed by atoms with Gasteiger partial charge >= 0.3 is 11.9 Å². The van der Waals surface area contributed by atoms with Crippen molar-refractivity contribution in [1.82, 2.24) is 10.2 Å². The largest absolute Gasteiger partial charge is 0.457 e. The molecule has 3 aliphatic heterocycles. The van der Waals surface area contributed by atoms with Crippen LogP contribution >= 0.6 is 0 Å². The minimum atomic E-state index is -0.780. The Kier molecular flexibility index (Phi) is 6.94. The maximum Gasteiger partial charge on any atom is 0.338 e. The summed E-state index contributed by atoms with van der Waals surface area (Å²) in [6.07, 6.45) is 0.274. The number of ether oxygens (including phenoxy) is 3. The normalized spacial score (nSPS) is 21.4. The molecule has 196 valence electrons. The summed E-state index contributed by atoms with van der Waals surface area (Å²) in [6, 6.07) is 7.04. The quantitative estimate of drug-likeness (QED) is 0.485. The van der Waals surface area contributed by atoms with E-state index < -0.39 is 12.2 Å². The van der Waals surface area contributed by atoms with Crippen molar-refractivity contribution in [2.45, 2.75) is 52.2 Å². The number of fused-ring (bicyclic) bond motifs is 2. The van der Waals surface area contributed by atoms with E-state index in [-0.39, 0.29) is 37.7 Å². The van der Waals surface area contributed by atoms with Gasteiger partial charge in [-0.2, -0.15) is 0 Å². The van der Waals surface area contributed by atoms with Gasteiger partial charge in [-0.25, -0.2) is 9.59 Å². The average Bonchev–Trinajstić information content (AvgIpc) is 3.45. The fourth-order valence-corrected chi connectivity index (χ4v) is 5.35. The highest BCUT2D eigenvalue weighted by atomic mass is 16.5. The van der Waals surface area contributed by atoms with Crippen LogP contribution in [0.1, 0.15) is 73.2 Å². The number of benzene rings is 2. The monoisotopic (exact) mass is 508 g/mol. The number of nitrogens with one attached hydrogen (secondary N) is 1. The van der Waals surface area contributed by atoms with Crippen LogP contribution in [0.15, 0.2) is 36.2 Å². The van der Waals surface area contributed by atoms with Gasteiger partial charge in [0.2, 0.25) is 0 Å². The van der Waals surface area contributed by atoms with Gasteiger partial charge < -0.3 is 34.6 Å². The summed E-state index contributed by atoms with van der Waals surface area (Å²) in [4.78, 5) is 25.8. The molecule has 3 atom stereocenters. The van der Waals surface area contributed by atoms with Crippen LogP contribution in [0.25, 0.3) is 0 Å². The minimum absolute atomic E-state index is 0.0394. The van der Waals surface area contributed by atoms with Gasteiger partial charge in [0.1, 0.15) is 13.2 Å². The summed E-state index contributed by atoms with van der Waals surface area (Å²) in [5, 5.41) is 25.2. The van der Waals surface area contributed by atoms with Crippen LogP contribution in [0.4, 0.5) is 0 Å². The third-order valence-electron chi connectivity index (χ3n) is 7.59. The molecule has 37 heavy (non-hydrogen) atoms. The molecule has 9 nitrogen and oxygen atoms in total. The Morgan fingerprint density at radius 3 is 2.11 bits per heavy atom. The predicted octanol–water partition coefficient (Wildman–Crippen LogP) is 2.56. The van der Waals surface area contributed by atoms with Gasteiger partial charge in [-0.3, -0.25) is 0 Å². The van der Waals surface area contributed by atoms with Crippen LogP contribution in [0.5, 0.6) is 0 Å². The zero-order chi connectivity index (χ0) is 26.3. The molecule has 3 aliphatic rings. The molecule has 5 rings (SSSR count). The van der Waals surface area contributed by atoms with E-state index in [0.29, 0.717) is 30.9 Å². The summed E-state index contributed by atoms with van der Waals surface area (Å²) < 4.78 is 16.0. The van der Waals surface area contributed by atoms with Crippen LogP contribution in [0.2, 0.25) is 0 Å².